The Morgan fingerprint density at radius 1 is 0.262 bits per heavy atom. The van der Waals surface area contributed by atoms with Crippen molar-refractivity contribution in [2.75, 3.05) is 4.90 Å². The van der Waals surface area contributed by atoms with Gasteiger partial charge in [0.15, 0.2) is 0 Å². The molecule has 12 aromatic rings. The Morgan fingerprint density at radius 2 is 0.525 bits per heavy atom. The maximum absolute atomic E-state index is 14.1. The van der Waals surface area contributed by atoms with Crippen LogP contribution in [0.3, 0.4) is 0 Å². The maximum Gasteiger partial charge on any atom is 0.123 e. The smallest absolute Gasteiger partial charge is 0.123 e. The van der Waals surface area contributed by atoms with Crippen molar-refractivity contribution in [1.29, 1.82) is 0 Å². The van der Waals surface area contributed by atoms with Crippen LogP contribution >= 0.6 is 0 Å². The SMILES string of the molecule is Fc1ccc(-n2c3ccccc3c3cc(N(c4ccc5c(c4)c4ccccc4n5-c4ccc(F)cc4)c4ccc5c(c4)c4ccccc4n5-c4ccc(F)cc4)ccc32)cc1. The first kappa shape index (κ1) is 35.0. The molecule has 3 aromatic heterocycles. The first-order valence-electron chi connectivity index (χ1n) is 20.2. The summed E-state index contributed by atoms with van der Waals surface area (Å²) in [5, 5.41) is 6.43. The Kier molecular flexibility index (Phi) is 7.74. The fourth-order valence-electron chi connectivity index (χ4n) is 9.35. The topological polar surface area (TPSA) is 18.0 Å². The van der Waals surface area contributed by atoms with Crippen LogP contribution in [0.2, 0.25) is 0 Å². The number of para-hydroxylation sites is 3. The molecule has 9 aromatic carbocycles. The van der Waals surface area contributed by atoms with Crippen LogP contribution in [-0.4, -0.2) is 13.7 Å². The minimum atomic E-state index is -0.280. The summed E-state index contributed by atoms with van der Waals surface area (Å²) in [4.78, 5) is 2.30. The lowest BCUT2D eigenvalue weighted by atomic mass is 10.1. The number of benzene rings is 9. The Bertz CT molecular complexity index is 3280. The van der Waals surface area contributed by atoms with Gasteiger partial charge in [-0.15, -0.1) is 0 Å². The molecule has 0 amide bonds. The van der Waals surface area contributed by atoms with Gasteiger partial charge in [-0.05, 0) is 146 Å². The Balaban J connectivity index is 1.12. The molecule has 0 unspecified atom stereocenters. The van der Waals surface area contributed by atoms with E-state index in [9.17, 15) is 13.2 Å². The average Bonchev–Trinajstić information content (AvgIpc) is 3.93. The van der Waals surface area contributed by atoms with Crippen molar-refractivity contribution < 1.29 is 13.2 Å². The molecule has 0 aliphatic heterocycles. The zero-order valence-electron chi connectivity index (χ0n) is 32.5. The van der Waals surface area contributed by atoms with Crippen LogP contribution in [0.5, 0.6) is 0 Å². The van der Waals surface area contributed by atoms with Crippen LogP contribution in [-0.2, 0) is 0 Å². The molecule has 0 aliphatic rings. The molecule has 0 fully saturated rings. The lowest BCUT2D eigenvalue weighted by Gasteiger charge is -2.26. The van der Waals surface area contributed by atoms with Gasteiger partial charge in [-0.1, -0.05) is 54.6 Å². The van der Waals surface area contributed by atoms with Crippen molar-refractivity contribution in [2.45, 2.75) is 0 Å². The molecule has 0 saturated carbocycles. The van der Waals surface area contributed by atoms with Crippen molar-refractivity contribution in [2.24, 2.45) is 0 Å². The third-order valence-corrected chi connectivity index (χ3v) is 12.0. The molecule has 290 valence electrons. The summed E-state index contributed by atoms with van der Waals surface area (Å²) in [7, 11) is 0. The summed E-state index contributed by atoms with van der Waals surface area (Å²) in [6.45, 7) is 0. The highest BCUT2D eigenvalue weighted by Gasteiger charge is 2.22. The maximum atomic E-state index is 14.1. The third kappa shape index (κ3) is 5.47. The number of fused-ring (bicyclic) bond motifs is 9. The van der Waals surface area contributed by atoms with Crippen LogP contribution in [0.1, 0.15) is 0 Å². The van der Waals surface area contributed by atoms with Crippen molar-refractivity contribution in [3.8, 4) is 17.1 Å². The minimum Gasteiger partial charge on any atom is -0.310 e. The van der Waals surface area contributed by atoms with E-state index in [2.05, 4.69) is 128 Å². The predicted molar refractivity (Wildman–Crippen MR) is 244 cm³/mol. The van der Waals surface area contributed by atoms with E-state index in [1.165, 1.54) is 36.4 Å². The lowest BCUT2D eigenvalue weighted by molar-refractivity contribution is 0.627. The summed E-state index contributed by atoms with van der Waals surface area (Å²) in [5.74, 6) is -0.839. The first-order chi connectivity index (χ1) is 30.0. The molecule has 0 atom stereocenters. The second-order valence-electron chi connectivity index (χ2n) is 15.4. The first-order valence-corrected chi connectivity index (χ1v) is 20.2. The van der Waals surface area contributed by atoms with E-state index in [0.29, 0.717) is 0 Å². The van der Waals surface area contributed by atoms with Gasteiger partial charge in [-0.25, -0.2) is 13.2 Å². The number of rotatable bonds is 6. The third-order valence-electron chi connectivity index (χ3n) is 12.0. The molecular formula is C54H33F3N4. The van der Waals surface area contributed by atoms with Crippen LogP contribution in [0, 0.1) is 17.5 Å². The van der Waals surface area contributed by atoms with Gasteiger partial charge in [0.2, 0.25) is 0 Å². The van der Waals surface area contributed by atoms with Gasteiger partial charge >= 0.3 is 0 Å². The average molecular weight is 795 g/mol. The van der Waals surface area contributed by atoms with E-state index in [4.69, 9.17) is 0 Å². The van der Waals surface area contributed by atoms with Crippen LogP contribution in [0.25, 0.3) is 82.5 Å². The Hall–Kier alpha value is -8.03. The predicted octanol–water partition coefficient (Wildman–Crippen LogP) is 14.9. The van der Waals surface area contributed by atoms with Crippen molar-refractivity contribution in [3.63, 3.8) is 0 Å². The highest BCUT2D eigenvalue weighted by atomic mass is 19.1. The van der Waals surface area contributed by atoms with E-state index >= 15 is 0 Å². The van der Waals surface area contributed by atoms with Crippen LogP contribution in [0.15, 0.2) is 200 Å². The number of aromatic nitrogens is 3. The van der Waals surface area contributed by atoms with Gasteiger partial charge in [-0.2, -0.15) is 0 Å². The Labute approximate surface area is 347 Å². The highest BCUT2D eigenvalue weighted by molar-refractivity contribution is 6.14. The van der Waals surface area contributed by atoms with Gasteiger partial charge < -0.3 is 18.6 Å². The molecule has 0 aliphatic carbocycles. The molecule has 7 heteroatoms. The van der Waals surface area contributed by atoms with Gasteiger partial charge in [0.05, 0.1) is 33.1 Å². The van der Waals surface area contributed by atoms with E-state index in [0.717, 1.165) is 99.5 Å². The highest BCUT2D eigenvalue weighted by Crippen LogP contribution is 2.44. The monoisotopic (exact) mass is 794 g/mol. The van der Waals surface area contributed by atoms with Crippen molar-refractivity contribution in [3.05, 3.63) is 218 Å². The molecule has 0 bridgehead atoms. The quantitative estimate of drug-likeness (QED) is 0.164. The second-order valence-corrected chi connectivity index (χ2v) is 15.4. The fourth-order valence-corrected chi connectivity index (χ4v) is 9.35. The Morgan fingerprint density at radius 3 is 0.820 bits per heavy atom. The molecule has 3 heterocycles. The molecule has 61 heavy (non-hydrogen) atoms. The molecule has 12 rings (SSSR count). The number of halogens is 3. The van der Waals surface area contributed by atoms with Gasteiger partial charge in [-0.3, -0.25) is 0 Å². The summed E-state index contributed by atoms with van der Waals surface area (Å²) in [6.07, 6.45) is 0. The van der Waals surface area contributed by atoms with Crippen molar-refractivity contribution >= 4 is 82.5 Å². The van der Waals surface area contributed by atoms with E-state index in [1.807, 2.05) is 54.6 Å². The van der Waals surface area contributed by atoms with Gasteiger partial charge in [0.25, 0.3) is 0 Å². The normalized spacial score (nSPS) is 11.9. The zero-order chi connectivity index (χ0) is 40.8. The van der Waals surface area contributed by atoms with E-state index < -0.39 is 0 Å². The second kappa shape index (κ2) is 13.5. The largest absolute Gasteiger partial charge is 0.310 e. The number of hydrogen-bond donors (Lipinski definition) is 0. The lowest BCUT2D eigenvalue weighted by Crippen LogP contribution is -2.10. The molecule has 0 radical (unpaired) electrons. The number of hydrogen-bond acceptors (Lipinski definition) is 1. The van der Waals surface area contributed by atoms with Crippen LogP contribution in [0.4, 0.5) is 30.2 Å². The fraction of sp³-hybridized carbons (Fsp3) is 0. The van der Waals surface area contributed by atoms with Crippen LogP contribution < -0.4 is 4.90 Å². The number of nitrogens with zero attached hydrogens (tertiary/aromatic N) is 4. The van der Waals surface area contributed by atoms with Crippen molar-refractivity contribution in [1.82, 2.24) is 13.7 Å². The summed E-state index contributed by atoms with van der Waals surface area (Å²) >= 11 is 0. The van der Waals surface area contributed by atoms with E-state index in [-0.39, 0.29) is 17.5 Å². The summed E-state index contributed by atoms with van der Waals surface area (Å²) in [6, 6.07) is 64.5. The zero-order valence-corrected chi connectivity index (χ0v) is 32.5. The molecule has 0 spiro atoms. The molecule has 0 N–H and O–H groups in total. The standard InChI is InChI=1S/C54H33F3N4/c55-34-13-19-37(20-14-34)59-49-10-4-1-7-43(49)46-31-40(25-28-52(46)59)58(41-26-29-53-47(32-41)44-8-2-5-11-50(44)60(53)38-21-15-35(56)16-22-38)42-27-30-54-48(33-42)45-9-3-6-12-51(45)61(54)39-23-17-36(57)18-24-39/h1-33H. The molecule has 4 nitrogen and oxygen atoms in total. The summed E-state index contributed by atoms with van der Waals surface area (Å²) < 4.78 is 49.0. The van der Waals surface area contributed by atoms with E-state index in [1.54, 1.807) is 0 Å². The molecular weight excluding hydrogens is 762 g/mol. The molecule has 0 saturated heterocycles. The number of anilines is 3. The summed E-state index contributed by atoms with van der Waals surface area (Å²) in [5.41, 5.74) is 11.6. The van der Waals surface area contributed by atoms with Gasteiger partial charge in [0.1, 0.15) is 17.5 Å². The van der Waals surface area contributed by atoms with Gasteiger partial charge in [0, 0.05) is 66.4 Å². The minimum absolute atomic E-state index is 0.280.